The number of nitrogens with two attached hydrogens (primary N) is 1. The van der Waals surface area contributed by atoms with Crippen molar-refractivity contribution in [3.8, 4) is 0 Å². The van der Waals surface area contributed by atoms with Gasteiger partial charge in [0.1, 0.15) is 5.54 Å². The van der Waals surface area contributed by atoms with E-state index in [2.05, 4.69) is 0 Å². The number of fused-ring (bicyclic) bond motifs is 1. The first-order valence-electron chi connectivity index (χ1n) is 6.81. The molecular weight excluding hydrogens is 272 g/mol. The standard InChI is InChI=1S/C15H16N2O2S/c16-14(20)15(7-3-4-8-15)17-12(18)9-10-5-1-2-6-11(10)13(17)19/h1-2,5-6H,3-4,7-9H2,(H2,16,20). The van der Waals surface area contributed by atoms with Gasteiger partial charge in [0.05, 0.1) is 11.4 Å². The van der Waals surface area contributed by atoms with E-state index in [-0.39, 0.29) is 23.2 Å². The van der Waals surface area contributed by atoms with E-state index >= 15 is 0 Å². The Morgan fingerprint density at radius 3 is 2.50 bits per heavy atom. The minimum absolute atomic E-state index is 0.191. The largest absolute Gasteiger partial charge is 0.391 e. The van der Waals surface area contributed by atoms with Crippen molar-refractivity contribution in [2.75, 3.05) is 0 Å². The molecule has 2 aliphatic rings. The maximum absolute atomic E-state index is 12.7. The van der Waals surface area contributed by atoms with E-state index in [0.29, 0.717) is 18.4 Å². The second-order valence-corrected chi connectivity index (χ2v) is 5.91. The summed E-state index contributed by atoms with van der Waals surface area (Å²) in [6.07, 6.45) is 3.49. The molecule has 0 bridgehead atoms. The van der Waals surface area contributed by atoms with Crippen molar-refractivity contribution in [3.63, 3.8) is 0 Å². The Hall–Kier alpha value is -1.75. The number of nitrogens with zero attached hydrogens (tertiary/aromatic N) is 1. The molecule has 0 aromatic heterocycles. The average Bonchev–Trinajstić information content (AvgIpc) is 2.89. The van der Waals surface area contributed by atoms with Crippen molar-refractivity contribution < 1.29 is 9.59 Å². The first-order valence-corrected chi connectivity index (χ1v) is 7.22. The van der Waals surface area contributed by atoms with Crippen molar-refractivity contribution in [1.82, 2.24) is 4.90 Å². The van der Waals surface area contributed by atoms with E-state index in [4.69, 9.17) is 18.0 Å². The lowest BCUT2D eigenvalue weighted by atomic mass is 9.89. The molecule has 5 heteroatoms. The van der Waals surface area contributed by atoms with Crippen LogP contribution in [0.1, 0.15) is 41.6 Å². The van der Waals surface area contributed by atoms with Gasteiger partial charge in [-0.3, -0.25) is 14.5 Å². The van der Waals surface area contributed by atoms with Crippen LogP contribution in [0.5, 0.6) is 0 Å². The first-order chi connectivity index (χ1) is 9.56. The van der Waals surface area contributed by atoms with E-state index in [1.807, 2.05) is 18.2 Å². The number of thiocarbonyl (C=S) groups is 1. The maximum Gasteiger partial charge on any atom is 0.261 e. The average molecular weight is 288 g/mol. The number of imide groups is 1. The molecule has 0 radical (unpaired) electrons. The third-order valence-corrected chi connectivity index (χ3v) is 4.74. The summed E-state index contributed by atoms with van der Waals surface area (Å²) in [5, 5.41) is 0. The van der Waals surface area contributed by atoms with Gasteiger partial charge in [-0.15, -0.1) is 0 Å². The molecule has 4 nitrogen and oxygen atoms in total. The van der Waals surface area contributed by atoms with Gasteiger partial charge < -0.3 is 5.73 Å². The molecule has 1 heterocycles. The third kappa shape index (κ3) is 1.77. The van der Waals surface area contributed by atoms with Gasteiger partial charge in [-0.25, -0.2) is 0 Å². The highest BCUT2D eigenvalue weighted by atomic mass is 32.1. The zero-order valence-corrected chi connectivity index (χ0v) is 11.9. The van der Waals surface area contributed by atoms with Crippen LogP contribution >= 0.6 is 12.2 Å². The highest BCUT2D eigenvalue weighted by Gasteiger charge is 2.49. The van der Waals surface area contributed by atoms with E-state index in [0.717, 1.165) is 18.4 Å². The predicted molar refractivity (Wildman–Crippen MR) is 79.3 cm³/mol. The summed E-state index contributed by atoms with van der Waals surface area (Å²) in [5.41, 5.74) is 6.52. The number of carbonyl (C=O) groups excluding carboxylic acids is 2. The first kappa shape index (κ1) is 13.2. The lowest BCUT2D eigenvalue weighted by Crippen LogP contribution is -2.61. The fourth-order valence-electron chi connectivity index (χ4n) is 3.33. The molecule has 1 aliphatic heterocycles. The summed E-state index contributed by atoms with van der Waals surface area (Å²) in [6, 6.07) is 7.24. The molecule has 1 fully saturated rings. The Morgan fingerprint density at radius 1 is 1.20 bits per heavy atom. The quantitative estimate of drug-likeness (QED) is 0.666. The van der Waals surface area contributed by atoms with E-state index in [1.54, 1.807) is 6.07 Å². The fourth-order valence-corrected chi connectivity index (χ4v) is 3.63. The van der Waals surface area contributed by atoms with Gasteiger partial charge in [0.25, 0.3) is 5.91 Å². The Bertz CT molecular complexity index is 606. The number of rotatable bonds is 2. The van der Waals surface area contributed by atoms with Crippen molar-refractivity contribution in [2.45, 2.75) is 37.6 Å². The topological polar surface area (TPSA) is 63.4 Å². The van der Waals surface area contributed by atoms with Crippen LogP contribution in [0.25, 0.3) is 0 Å². The molecule has 2 amide bonds. The van der Waals surface area contributed by atoms with Crippen LogP contribution in [0.4, 0.5) is 0 Å². The minimum Gasteiger partial charge on any atom is -0.391 e. The van der Waals surface area contributed by atoms with Gasteiger partial charge >= 0.3 is 0 Å². The van der Waals surface area contributed by atoms with Gasteiger partial charge in [0.2, 0.25) is 5.91 Å². The Balaban J connectivity index is 2.09. The van der Waals surface area contributed by atoms with Crippen molar-refractivity contribution >= 4 is 29.0 Å². The molecule has 20 heavy (non-hydrogen) atoms. The second kappa shape index (κ2) is 4.66. The Kier molecular flexibility index (Phi) is 3.09. The molecule has 1 aromatic rings. The van der Waals surface area contributed by atoms with Crippen LogP contribution in [-0.2, 0) is 11.2 Å². The van der Waals surface area contributed by atoms with Crippen LogP contribution in [0.15, 0.2) is 24.3 Å². The molecule has 1 aliphatic carbocycles. The molecule has 0 atom stereocenters. The molecule has 1 saturated carbocycles. The summed E-state index contributed by atoms with van der Waals surface area (Å²) in [4.78, 5) is 26.8. The summed E-state index contributed by atoms with van der Waals surface area (Å²) < 4.78 is 0. The van der Waals surface area contributed by atoms with E-state index < -0.39 is 5.54 Å². The normalized spacial score (nSPS) is 20.9. The smallest absolute Gasteiger partial charge is 0.261 e. The van der Waals surface area contributed by atoms with Crippen LogP contribution in [-0.4, -0.2) is 27.2 Å². The van der Waals surface area contributed by atoms with Gasteiger partial charge in [-0.2, -0.15) is 0 Å². The highest BCUT2D eigenvalue weighted by molar-refractivity contribution is 7.80. The van der Waals surface area contributed by atoms with E-state index in [9.17, 15) is 9.59 Å². The predicted octanol–water partition coefficient (Wildman–Crippen LogP) is 1.81. The lowest BCUT2D eigenvalue weighted by molar-refractivity contribution is -0.131. The Labute approximate surface area is 122 Å². The molecule has 0 saturated heterocycles. The molecule has 1 aromatic carbocycles. The third-order valence-electron chi connectivity index (χ3n) is 4.36. The highest BCUT2D eigenvalue weighted by Crippen LogP contribution is 2.38. The zero-order valence-electron chi connectivity index (χ0n) is 11.1. The summed E-state index contributed by atoms with van der Waals surface area (Å²) >= 11 is 5.18. The molecule has 0 unspecified atom stereocenters. The van der Waals surface area contributed by atoms with Crippen LogP contribution in [0.2, 0.25) is 0 Å². The summed E-state index contributed by atoms with van der Waals surface area (Å²) in [6.45, 7) is 0. The van der Waals surface area contributed by atoms with Crippen LogP contribution < -0.4 is 5.73 Å². The summed E-state index contributed by atoms with van der Waals surface area (Å²) in [7, 11) is 0. The summed E-state index contributed by atoms with van der Waals surface area (Å²) in [5.74, 6) is -0.449. The molecular formula is C15H16N2O2S. The number of amides is 2. The minimum atomic E-state index is -0.753. The number of carbonyl (C=O) groups is 2. The van der Waals surface area contributed by atoms with Gasteiger partial charge in [-0.05, 0) is 24.5 Å². The van der Waals surface area contributed by atoms with Crippen molar-refractivity contribution in [3.05, 3.63) is 35.4 Å². The maximum atomic E-state index is 12.7. The number of hydrogen-bond acceptors (Lipinski definition) is 3. The molecule has 3 rings (SSSR count). The van der Waals surface area contributed by atoms with Gasteiger partial charge in [0, 0.05) is 5.56 Å². The lowest BCUT2D eigenvalue weighted by Gasteiger charge is -2.41. The SMILES string of the molecule is NC(=S)C1(N2C(=O)Cc3ccccc3C2=O)CCCC1. The number of hydrogen-bond donors (Lipinski definition) is 1. The van der Waals surface area contributed by atoms with Crippen LogP contribution in [0, 0.1) is 0 Å². The Morgan fingerprint density at radius 2 is 1.85 bits per heavy atom. The molecule has 2 N–H and O–H groups in total. The van der Waals surface area contributed by atoms with Crippen LogP contribution in [0.3, 0.4) is 0 Å². The van der Waals surface area contributed by atoms with Crippen molar-refractivity contribution in [1.29, 1.82) is 0 Å². The van der Waals surface area contributed by atoms with E-state index in [1.165, 1.54) is 4.90 Å². The van der Waals surface area contributed by atoms with Crippen molar-refractivity contribution in [2.24, 2.45) is 5.73 Å². The number of benzene rings is 1. The molecule has 104 valence electrons. The monoisotopic (exact) mass is 288 g/mol. The van der Waals surface area contributed by atoms with Gasteiger partial charge in [-0.1, -0.05) is 43.3 Å². The second-order valence-electron chi connectivity index (χ2n) is 5.47. The molecule has 0 spiro atoms. The van der Waals surface area contributed by atoms with Gasteiger partial charge in [0.15, 0.2) is 0 Å². The fraction of sp³-hybridized carbons (Fsp3) is 0.400. The zero-order chi connectivity index (χ0) is 14.3.